The molecule has 6 nitrogen and oxygen atoms in total. The number of amides is 1. The molecular weight excluding hydrogens is 336 g/mol. The van der Waals surface area contributed by atoms with Crippen LogP contribution in [0.4, 0.5) is 0 Å². The van der Waals surface area contributed by atoms with Gasteiger partial charge in [0.05, 0.1) is 4.88 Å². The molecule has 0 N–H and O–H groups in total. The highest BCUT2D eigenvalue weighted by Gasteiger charge is 2.33. The van der Waals surface area contributed by atoms with Crippen molar-refractivity contribution in [3.8, 4) is 11.4 Å². The molecule has 0 saturated carbocycles. The minimum atomic E-state index is -0.165. The highest BCUT2D eigenvalue weighted by molar-refractivity contribution is 7.13. The third kappa shape index (κ3) is 3.19. The van der Waals surface area contributed by atoms with Crippen molar-refractivity contribution in [1.82, 2.24) is 20.0 Å². The smallest absolute Gasteiger partial charge is 0.264 e. The zero-order valence-corrected chi connectivity index (χ0v) is 14.7. The van der Waals surface area contributed by atoms with Crippen LogP contribution in [0.1, 0.15) is 45.7 Å². The number of likely N-dealkylation sites (tertiary alicyclic amines) is 1. The van der Waals surface area contributed by atoms with E-state index in [2.05, 4.69) is 15.1 Å². The van der Waals surface area contributed by atoms with Crippen molar-refractivity contribution >= 4 is 17.2 Å². The van der Waals surface area contributed by atoms with Crippen LogP contribution in [0, 0.1) is 6.92 Å². The Morgan fingerprint density at radius 1 is 1.32 bits per heavy atom. The Bertz CT molecular complexity index is 874. The second-order valence-electron chi connectivity index (χ2n) is 6.12. The third-order valence-electron chi connectivity index (χ3n) is 4.36. The van der Waals surface area contributed by atoms with E-state index in [1.54, 1.807) is 12.4 Å². The van der Waals surface area contributed by atoms with Crippen LogP contribution in [0.2, 0.25) is 0 Å². The fourth-order valence-electron chi connectivity index (χ4n) is 3.11. The molecule has 1 saturated heterocycles. The van der Waals surface area contributed by atoms with Gasteiger partial charge in [-0.25, -0.2) is 0 Å². The van der Waals surface area contributed by atoms with E-state index in [0.29, 0.717) is 18.3 Å². The molecule has 128 valence electrons. The monoisotopic (exact) mass is 354 g/mol. The number of aryl methyl sites for hydroxylation is 1. The van der Waals surface area contributed by atoms with E-state index < -0.39 is 0 Å². The first-order chi connectivity index (χ1) is 12.2. The molecule has 3 aromatic heterocycles. The molecule has 7 heteroatoms. The second-order valence-corrected chi connectivity index (χ2v) is 7.41. The highest BCUT2D eigenvalue weighted by Crippen LogP contribution is 2.33. The van der Waals surface area contributed by atoms with Gasteiger partial charge < -0.3 is 9.42 Å². The van der Waals surface area contributed by atoms with E-state index >= 15 is 0 Å². The zero-order valence-electron chi connectivity index (χ0n) is 13.9. The van der Waals surface area contributed by atoms with Gasteiger partial charge in [0, 0.05) is 29.4 Å². The van der Waals surface area contributed by atoms with Gasteiger partial charge in [0.25, 0.3) is 5.91 Å². The molecule has 1 aliphatic heterocycles. The van der Waals surface area contributed by atoms with Gasteiger partial charge in [0.2, 0.25) is 11.7 Å². The first-order valence-electron chi connectivity index (χ1n) is 8.34. The number of hydrogen-bond donors (Lipinski definition) is 0. The minimum absolute atomic E-state index is 0.0453. The average molecular weight is 354 g/mol. The molecule has 0 aliphatic carbocycles. The summed E-state index contributed by atoms with van der Waals surface area (Å²) in [6.45, 7) is 2.72. The van der Waals surface area contributed by atoms with Crippen molar-refractivity contribution in [2.24, 2.45) is 0 Å². The number of nitrogens with zero attached hydrogens (tertiary/aromatic N) is 4. The maximum absolute atomic E-state index is 12.9. The van der Waals surface area contributed by atoms with Gasteiger partial charge in [-0.05, 0) is 50.5 Å². The van der Waals surface area contributed by atoms with Crippen molar-refractivity contribution < 1.29 is 9.32 Å². The third-order valence-corrected chi connectivity index (χ3v) is 5.35. The number of thiophene rings is 1. The Labute approximate surface area is 149 Å². The zero-order chi connectivity index (χ0) is 17.2. The standard InChI is InChI=1S/C18H18N4O2S/c1-12-7-8-15(25-12)18(23)22-10-3-2-6-14(22)17-20-16(21-24-17)13-5-4-9-19-11-13/h4-5,7-9,11,14H,2-3,6,10H2,1H3/t14-/m0/s1. The van der Waals surface area contributed by atoms with E-state index in [1.165, 1.54) is 11.3 Å². The summed E-state index contributed by atoms with van der Waals surface area (Å²) >= 11 is 1.52. The fraction of sp³-hybridized carbons (Fsp3) is 0.333. The Morgan fingerprint density at radius 3 is 3.00 bits per heavy atom. The van der Waals surface area contributed by atoms with Gasteiger partial charge >= 0.3 is 0 Å². The number of carbonyl (C=O) groups is 1. The van der Waals surface area contributed by atoms with Crippen LogP contribution < -0.4 is 0 Å². The maximum atomic E-state index is 12.9. The van der Waals surface area contributed by atoms with Gasteiger partial charge in [0.15, 0.2) is 0 Å². The molecule has 0 radical (unpaired) electrons. The van der Waals surface area contributed by atoms with Crippen LogP contribution >= 0.6 is 11.3 Å². The minimum Gasteiger partial charge on any atom is -0.337 e. The number of rotatable bonds is 3. The molecular formula is C18H18N4O2S. The molecule has 1 atom stereocenters. The molecule has 1 fully saturated rings. The van der Waals surface area contributed by atoms with Crippen LogP contribution in [0.15, 0.2) is 41.2 Å². The first kappa shape index (κ1) is 16.0. The van der Waals surface area contributed by atoms with Crippen LogP contribution in [0.5, 0.6) is 0 Å². The number of pyridine rings is 1. The quantitative estimate of drug-likeness (QED) is 0.714. The number of piperidine rings is 1. The normalized spacial score (nSPS) is 17.6. The molecule has 0 spiro atoms. The average Bonchev–Trinajstić information content (AvgIpc) is 3.31. The summed E-state index contributed by atoms with van der Waals surface area (Å²) in [7, 11) is 0. The molecule has 0 unspecified atom stereocenters. The van der Waals surface area contributed by atoms with E-state index in [9.17, 15) is 4.79 Å². The van der Waals surface area contributed by atoms with E-state index in [4.69, 9.17) is 4.52 Å². The lowest BCUT2D eigenvalue weighted by molar-refractivity contribution is 0.0566. The number of carbonyl (C=O) groups excluding carboxylic acids is 1. The number of hydrogen-bond acceptors (Lipinski definition) is 6. The molecule has 0 aromatic carbocycles. The van der Waals surface area contributed by atoms with E-state index in [0.717, 1.165) is 34.6 Å². The summed E-state index contributed by atoms with van der Waals surface area (Å²) in [5, 5.41) is 4.07. The molecule has 4 heterocycles. The SMILES string of the molecule is Cc1ccc(C(=O)N2CCCC[C@H]2c2nc(-c3cccnc3)no2)s1. The molecule has 1 amide bonds. The van der Waals surface area contributed by atoms with E-state index in [-0.39, 0.29) is 11.9 Å². The summed E-state index contributed by atoms with van der Waals surface area (Å²) in [5.41, 5.74) is 0.806. The Hall–Kier alpha value is -2.54. The molecule has 1 aliphatic rings. The van der Waals surface area contributed by atoms with Crippen molar-refractivity contribution in [2.75, 3.05) is 6.54 Å². The van der Waals surface area contributed by atoms with Gasteiger partial charge in [-0.2, -0.15) is 4.98 Å². The Kier molecular flexibility index (Phi) is 4.31. The van der Waals surface area contributed by atoms with Crippen molar-refractivity contribution in [3.05, 3.63) is 52.3 Å². The van der Waals surface area contributed by atoms with Crippen LogP contribution in [0.3, 0.4) is 0 Å². The summed E-state index contributed by atoms with van der Waals surface area (Å²) in [6, 6.07) is 7.43. The highest BCUT2D eigenvalue weighted by atomic mass is 32.1. The Morgan fingerprint density at radius 2 is 2.24 bits per heavy atom. The Balaban J connectivity index is 1.61. The van der Waals surface area contributed by atoms with Gasteiger partial charge in [-0.3, -0.25) is 9.78 Å². The predicted octanol–water partition coefficient (Wildman–Crippen LogP) is 3.87. The fourth-order valence-corrected chi connectivity index (χ4v) is 3.93. The molecule has 3 aromatic rings. The van der Waals surface area contributed by atoms with Crippen molar-refractivity contribution in [1.29, 1.82) is 0 Å². The molecule has 25 heavy (non-hydrogen) atoms. The van der Waals surface area contributed by atoms with Crippen molar-refractivity contribution in [2.45, 2.75) is 32.2 Å². The van der Waals surface area contributed by atoms with E-state index in [1.807, 2.05) is 36.1 Å². The topological polar surface area (TPSA) is 72.1 Å². The van der Waals surface area contributed by atoms with Gasteiger partial charge in [0.1, 0.15) is 6.04 Å². The van der Waals surface area contributed by atoms with Crippen LogP contribution in [-0.2, 0) is 0 Å². The molecule has 4 rings (SSSR count). The first-order valence-corrected chi connectivity index (χ1v) is 9.15. The second kappa shape index (κ2) is 6.76. The number of aromatic nitrogens is 3. The summed E-state index contributed by atoms with van der Waals surface area (Å²) < 4.78 is 5.50. The lowest BCUT2D eigenvalue weighted by atomic mass is 10.0. The molecule has 0 bridgehead atoms. The van der Waals surface area contributed by atoms with Crippen LogP contribution in [-0.4, -0.2) is 32.5 Å². The van der Waals surface area contributed by atoms with Gasteiger partial charge in [-0.15, -0.1) is 11.3 Å². The summed E-state index contributed by atoms with van der Waals surface area (Å²) in [6.07, 6.45) is 6.28. The van der Waals surface area contributed by atoms with Crippen molar-refractivity contribution in [3.63, 3.8) is 0 Å². The predicted molar refractivity (Wildman–Crippen MR) is 94.2 cm³/mol. The summed E-state index contributed by atoms with van der Waals surface area (Å²) in [5.74, 6) is 1.05. The van der Waals surface area contributed by atoms with Gasteiger partial charge in [-0.1, -0.05) is 5.16 Å². The summed E-state index contributed by atoms with van der Waals surface area (Å²) in [4.78, 5) is 25.3. The lowest BCUT2D eigenvalue weighted by Crippen LogP contribution is -2.38. The largest absolute Gasteiger partial charge is 0.337 e. The lowest BCUT2D eigenvalue weighted by Gasteiger charge is -2.33. The van der Waals surface area contributed by atoms with Crippen LogP contribution in [0.25, 0.3) is 11.4 Å². The maximum Gasteiger partial charge on any atom is 0.264 e.